The highest BCUT2D eigenvalue weighted by atomic mass is 35.5. The fourth-order valence-corrected chi connectivity index (χ4v) is 0.987. The summed E-state index contributed by atoms with van der Waals surface area (Å²) in [5, 5.41) is 8.44. The van der Waals surface area contributed by atoms with Crippen molar-refractivity contribution in [3.63, 3.8) is 0 Å². The molecule has 0 radical (unpaired) electrons. The van der Waals surface area contributed by atoms with Crippen molar-refractivity contribution < 1.29 is 19.5 Å². The zero-order valence-electron chi connectivity index (χ0n) is 6.85. The van der Waals surface area contributed by atoms with Crippen LogP contribution in [-0.4, -0.2) is 40.7 Å². The van der Waals surface area contributed by atoms with Gasteiger partial charge in [-0.15, -0.1) is 12.4 Å². The van der Waals surface area contributed by atoms with Gasteiger partial charge in [0, 0.05) is 0 Å². The molecule has 0 bridgehead atoms. The van der Waals surface area contributed by atoms with E-state index < -0.39 is 17.3 Å². The highest BCUT2D eigenvalue weighted by molar-refractivity contribution is 7.99. The molecule has 0 heterocycles. The van der Waals surface area contributed by atoms with Crippen molar-refractivity contribution in [2.75, 3.05) is 12.0 Å². The molecule has 0 aliphatic heterocycles. The van der Waals surface area contributed by atoms with Crippen LogP contribution < -0.4 is 5.73 Å². The maximum atomic E-state index is 11.0. The van der Waals surface area contributed by atoms with Crippen LogP contribution in [-0.2, 0) is 14.4 Å². The smallest absolute Gasteiger partial charge is 0.339 e. The standard InChI is InChI=1S/C6H9NO4S.ClH/c1-12-2-4(9)6(7,3-8)5(10)11;/h3H,2,7H2,1H3,(H,10,11);1H. The van der Waals surface area contributed by atoms with E-state index in [0.717, 1.165) is 11.8 Å². The lowest BCUT2D eigenvalue weighted by atomic mass is 9.99. The predicted octanol–water partition coefficient (Wildman–Crippen LogP) is -0.679. The number of aldehydes is 1. The molecule has 0 saturated heterocycles. The molecule has 13 heavy (non-hydrogen) atoms. The highest BCUT2D eigenvalue weighted by Crippen LogP contribution is 2.04. The van der Waals surface area contributed by atoms with Gasteiger partial charge in [0.15, 0.2) is 12.1 Å². The Morgan fingerprint density at radius 2 is 2.08 bits per heavy atom. The van der Waals surface area contributed by atoms with Crippen LogP contribution in [0.25, 0.3) is 0 Å². The van der Waals surface area contributed by atoms with Crippen molar-refractivity contribution in [2.45, 2.75) is 5.54 Å². The lowest BCUT2D eigenvalue weighted by Crippen LogP contribution is -2.57. The minimum Gasteiger partial charge on any atom is -0.479 e. The molecular formula is C6H10ClNO4S. The van der Waals surface area contributed by atoms with E-state index in [4.69, 9.17) is 10.8 Å². The first-order valence-electron chi connectivity index (χ1n) is 3.00. The summed E-state index contributed by atoms with van der Waals surface area (Å²) >= 11 is 1.12. The van der Waals surface area contributed by atoms with Crippen molar-refractivity contribution in [2.24, 2.45) is 5.73 Å². The number of ketones is 1. The van der Waals surface area contributed by atoms with Gasteiger partial charge in [-0.2, -0.15) is 11.8 Å². The monoisotopic (exact) mass is 227 g/mol. The number of nitrogens with two attached hydrogens (primary N) is 1. The summed E-state index contributed by atoms with van der Waals surface area (Å²) in [6, 6.07) is 0. The van der Waals surface area contributed by atoms with Gasteiger partial charge in [0.1, 0.15) is 0 Å². The molecule has 0 aromatic heterocycles. The van der Waals surface area contributed by atoms with E-state index in [1.807, 2.05) is 0 Å². The average Bonchev–Trinajstić information content (AvgIpc) is 2.03. The molecule has 0 rings (SSSR count). The maximum absolute atomic E-state index is 11.0. The van der Waals surface area contributed by atoms with Crippen LogP contribution in [0.4, 0.5) is 0 Å². The Bertz CT molecular complexity index is 223. The maximum Gasteiger partial charge on any atom is 0.339 e. The van der Waals surface area contributed by atoms with Crippen molar-refractivity contribution in [3.05, 3.63) is 0 Å². The van der Waals surface area contributed by atoms with Gasteiger partial charge in [0.25, 0.3) is 0 Å². The first-order chi connectivity index (χ1) is 5.49. The number of carbonyl (C=O) groups excluding carboxylic acids is 2. The Morgan fingerprint density at radius 3 is 2.31 bits per heavy atom. The molecule has 1 unspecified atom stereocenters. The van der Waals surface area contributed by atoms with E-state index in [2.05, 4.69) is 0 Å². The van der Waals surface area contributed by atoms with E-state index >= 15 is 0 Å². The number of aliphatic carboxylic acids is 1. The second kappa shape index (κ2) is 5.95. The summed E-state index contributed by atoms with van der Waals surface area (Å²) in [5.74, 6) is -2.49. The quantitative estimate of drug-likeness (QED) is 0.477. The van der Waals surface area contributed by atoms with Crippen LogP contribution in [0.15, 0.2) is 0 Å². The van der Waals surface area contributed by atoms with E-state index in [9.17, 15) is 14.4 Å². The largest absolute Gasteiger partial charge is 0.479 e. The molecule has 0 aliphatic rings. The van der Waals surface area contributed by atoms with Gasteiger partial charge in [0.2, 0.25) is 5.54 Å². The number of thioether (sulfide) groups is 1. The Hall–Kier alpha value is -0.590. The molecule has 0 aromatic carbocycles. The molecule has 5 nitrogen and oxygen atoms in total. The first-order valence-corrected chi connectivity index (χ1v) is 4.39. The molecule has 0 amide bonds. The molecule has 0 saturated carbocycles. The van der Waals surface area contributed by atoms with E-state index in [1.54, 1.807) is 6.26 Å². The number of rotatable bonds is 5. The Kier molecular flexibility index (Phi) is 6.83. The fourth-order valence-electron chi connectivity index (χ4n) is 0.486. The third-order valence-corrected chi connectivity index (χ3v) is 1.83. The molecule has 1 atom stereocenters. The third-order valence-electron chi connectivity index (χ3n) is 1.28. The van der Waals surface area contributed by atoms with Gasteiger partial charge >= 0.3 is 5.97 Å². The van der Waals surface area contributed by atoms with Crippen LogP contribution >= 0.6 is 24.2 Å². The number of hydrogen-bond donors (Lipinski definition) is 2. The van der Waals surface area contributed by atoms with Crippen molar-refractivity contribution in [3.8, 4) is 0 Å². The third kappa shape index (κ3) is 3.33. The molecule has 7 heteroatoms. The minimum absolute atomic E-state index is 0. The van der Waals surface area contributed by atoms with Crippen molar-refractivity contribution >= 4 is 42.2 Å². The second-order valence-corrected chi connectivity index (χ2v) is 3.01. The summed E-state index contributed by atoms with van der Waals surface area (Å²) in [6.07, 6.45) is 1.57. The number of Topliss-reactive ketones (excluding diaryl/α,β-unsaturated/α-hetero) is 1. The van der Waals surface area contributed by atoms with Crippen LogP contribution in [0, 0.1) is 0 Å². The normalized spacial score (nSPS) is 13.7. The molecule has 0 aliphatic carbocycles. The fraction of sp³-hybridized carbons (Fsp3) is 0.500. The summed E-state index contributed by atoms with van der Waals surface area (Å²) in [6.45, 7) is 0. The summed E-state index contributed by atoms with van der Waals surface area (Å²) < 4.78 is 0. The molecular weight excluding hydrogens is 218 g/mol. The number of halogens is 1. The summed E-state index contributed by atoms with van der Waals surface area (Å²) in [7, 11) is 0. The van der Waals surface area contributed by atoms with Gasteiger partial charge in [0.05, 0.1) is 5.75 Å². The summed E-state index contributed by atoms with van der Waals surface area (Å²) in [5.41, 5.74) is 2.67. The molecule has 76 valence electrons. The van der Waals surface area contributed by atoms with E-state index in [0.29, 0.717) is 0 Å². The lowest BCUT2D eigenvalue weighted by molar-refractivity contribution is -0.149. The number of carboxylic acid groups (broad SMARTS) is 1. The minimum atomic E-state index is -2.37. The molecule has 0 aromatic rings. The molecule has 0 spiro atoms. The van der Waals surface area contributed by atoms with Gasteiger partial charge < -0.3 is 15.6 Å². The molecule has 3 N–H and O–H groups in total. The second-order valence-electron chi connectivity index (χ2n) is 2.15. The van der Waals surface area contributed by atoms with Crippen LogP contribution in [0.5, 0.6) is 0 Å². The Balaban J connectivity index is 0. The van der Waals surface area contributed by atoms with Crippen LogP contribution in [0.2, 0.25) is 0 Å². The summed E-state index contributed by atoms with van der Waals surface area (Å²) in [4.78, 5) is 31.6. The average molecular weight is 228 g/mol. The van der Waals surface area contributed by atoms with Crippen molar-refractivity contribution in [1.82, 2.24) is 0 Å². The van der Waals surface area contributed by atoms with Crippen molar-refractivity contribution in [1.29, 1.82) is 0 Å². The number of hydrogen-bond acceptors (Lipinski definition) is 5. The Labute approximate surface area is 85.5 Å². The lowest BCUT2D eigenvalue weighted by Gasteiger charge is -2.14. The van der Waals surface area contributed by atoms with E-state index in [-0.39, 0.29) is 24.4 Å². The molecule has 0 fully saturated rings. The Morgan fingerprint density at radius 1 is 1.62 bits per heavy atom. The number of carboxylic acids is 1. The van der Waals surface area contributed by atoms with Gasteiger partial charge in [-0.1, -0.05) is 0 Å². The first kappa shape index (κ1) is 14.9. The van der Waals surface area contributed by atoms with Gasteiger partial charge in [-0.05, 0) is 6.26 Å². The van der Waals surface area contributed by atoms with Crippen LogP contribution in [0.1, 0.15) is 0 Å². The predicted molar refractivity (Wildman–Crippen MR) is 51.3 cm³/mol. The van der Waals surface area contributed by atoms with Gasteiger partial charge in [-0.25, -0.2) is 4.79 Å². The highest BCUT2D eigenvalue weighted by Gasteiger charge is 2.41. The SMILES string of the molecule is CSCC(=O)C(N)(C=O)C(=O)O.Cl. The zero-order valence-corrected chi connectivity index (χ0v) is 8.48. The van der Waals surface area contributed by atoms with E-state index in [1.165, 1.54) is 0 Å². The topological polar surface area (TPSA) is 97.5 Å². The zero-order chi connectivity index (χ0) is 9.78. The van der Waals surface area contributed by atoms with Gasteiger partial charge in [-0.3, -0.25) is 4.79 Å². The van der Waals surface area contributed by atoms with Crippen LogP contribution in [0.3, 0.4) is 0 Å². The number of carbonyl (C=O) groups is 3.